The molecule has 0 aromatic rings. The van der Waals surface area contributed by atoms with Gasteiger partial charge in [0, 0.05) is 6.66 Å². The third-order valence-electron chi connectivity index (χ3n) is 0.303. The highest BCUT2D eigenvalue weighted by Crippen LogP contribution is 2.35. The van der Waals surface area contributed by atoms with Crippen LogP contribution >= 0.6 is 15.7 Å². The van der Waals surface area contributed by atoms with Crippen LogP contribution in [0.5, 0.6) is 0 Å². The summed E-state index contributed by atoms with van der Waals surface area (Å²) in [6, 6.07) is 0. The summed E-state index contributed by atoms with van der Waals surface area (Å²) >= 11 is 0. The molecule has 0 saturated heterocycles. The van der Waals surface area contributed by atoms with Gasteiger partial charge >= 0.3 is 0 Å². The van der Waals surface area contributed by atoms with Gasteiger partial charge in [-0.15, -0.1) is 0 Å². The number of hydrogen-bond donors (Lipinski definition) is 3. The Morgan fingerprint density at radius 2 is 2.12 bits per heavy atom. The molecule has 2 atom stereocenters. The van der Waals surface area contributed by atoms with Crippen molar-refractivity contribution in [3.8, 4) is 0 Å². The fourth-order valence-electron chi connectivity index (χ4n) is 0.177. The van der Waals surface area contributed by atoms with E-state index >= 15 is 0 Å². The van der Waals surface area contributed by atoms with Gasteiger partial charge in [-0.1, -0.05) is 0 Å². The lowest BCUT2D eigenvalue weighted by Crippen LogP contribution is -1.95. The van der Waals surface area contributed by atoms with E-state index in [1.165, 1.54) is 0 Å². The topological polar surface area (TPSA) is 86.6 Å². The van der Waals surface area contributed by atoms with E-state index in [-0.39, 0.29) is 0 Å². The molecule has 0 aliphatic heterocycles. The van der Waals surface area contributed by atoms with Gasteiger partial charge in [0.15, 0.2) is 0 Å². The summed E-state index contributed by atoms with van der Waals surface area (Å²) < 4.78 is 19.9. The highest BCUT2D eigenvalue weighted by Gasteiger charge is 2.09. The lowest BCUT2D eigenvalue weighted by Gasteiger charge is -2.01. The van der Waals surface area contributed by atoms with Crippen molar-refractivity contribution in [1.29, 1.82) is 0 Å². The van der Waals surface area contributed by atoms with Crippen molar-refractivity contribution in [3.05, 3.63) is 0 Å². The maximum atomic E-state index is 10.1. The highest BCUT2D eigenvalue weighted by atomic mass is 31.2. The van der Waals surface area contributed by atoms with Crippen LogP contribution in [0.2, 0.25) is 0 Å². The second-order valence-electron chi connectivity index (χ2n) is 1.30. The van der Waals surface area contributed by atoms with Crippen molar-refractivity contribution in [1.82, 2.24) is 4.86 Å². The Morgan fingerprint density at radius 1 is 1.75 bits per heavy atom. The van der Waals surface area contributed by atoms with E-state index in [0.29, 0.717) is 0 Å². The minimum Gasteiger partial charge on any atom is -0.335 e. The van der Waals surface area contributed by atoms with Crippen LogP contribution in [0.4, 0.5) is 0 Å². The lowest BCUT2D eigenvalue weighted by atomic mass is 12.0. The first-order valence-corrected chi connectivity index (χ1v) is 5.19. The molecule has 0 saturated carbocycles. The predicted molar refractivity (Wildman–Crippen MR) is 30.1 cm³/mol. The van der Waals surface area contributed by atoms with Gasteiger partial charge < -0.3 is 9.79 Å². The Labute approximate surface area is 47.2 Å². The molecule has 0 amide bonds. The molecule has 0 spiro atoms. The van der Waals surface area contributed by atoms with Crippen LogP contribution in [0.15, 0.2) is 0 Å². The fraction of sp³-hybridized carbons (Fsp3) is 1.00. The van der Waals surface area contributed by atoms with Gasteiger partial charge in [-0.3, -0.25) is 9.13 Å². The first-order chi connectivity index (χ1) is 3.42. The van der Waals surface area contributed by atoms with Crippen molar-refractivity contribution in [3.63, 3.8) is 0 Å². The van der Waals surface area contributed by atoms with Gasteiger partial charge in [-0.05, 0) is 0 Å². The molecule has 5 nitrogen and oxygen atoms in total. The standard InChI is InChI=1S/CH7NO4P2/c1-8(5,6)2-7(3)4/h7H,1H3,(H3,2,3,4,5,6). The SMILES string of the molecule is CP(=O)(O)N[PH](=O)O. The van der Waals surface area contributed by atoms with E-state index in [4.69, 9.17) is 9.79 Å². The van der Waals surface area contributed by atoms with Crippen LogP contribution in [0, 0.1) is 0 Å². The first kappa shape index (κ1) is 8.34. The zero-order chi connectivity index (χ0) is 6.78. The molecular weight excluding hydrogens is 152 g/mol. The molecule has 0 radical (unpaired) electrons. The van der Waals surface area contributed by atoms with E-state index in [9.17, 15) is 9.13 Å². The van der Waals surface area contributed by atoms with E-state index in [2.05, 4.69) is 0 Å². The van der Waals surface area contributed by atoms with Gasteiger partial charge in [-0.2, -0.15) is 4.86 Å². The molecule has 0 fully saturated rings. The Balaban J connectivity index is 3.74. The highest BCUT2D eigenvalue weighted by molar-refractivity contribution is 7.64. The molecule has 2 unspecified atom stereocenters. The monoisotopic (exact) mass is 159 g/mol. The summed E-state index contributed by atoms with van der Waals surface area (Å²) in [6.07, 6.45) is 0. The summed E-state index contributed by atoms with van der Waals surface area (Å²) in [5.41, 5.74) is 0. The second kappa shape index (κ2) is 2.76. The minimum absolute atomic E-state index is 0.950. The van der Waals surface area contributed by atoms with Crippen molar-refractivity contribution < 1.29 is 18.9 Å². The quantitative estimate of drug-likeness (QED) is 0.484. The van der Waals surface area contributed by atoms with Crippen LogP contribution in [0.1, 0.15) is 0 Å². The number of nitrogens with one attached hydrogen (secondary N) is 1. The molecule has 0 aromatic heterocycles. The molecular formula is CH7NO4P2. The van der Waals surface area contributed by atoms with Crippen molar-refractivity contribution in [2.24, 2.45) is 0 Å². The molecule has 8 heavy (non-hydrogen) atoms. The molecule has 0 rings (SSSR count). The second-order valence-corrected chi connectivity index (χ2v) is 4.56. The van der Waals surface area contributed by atoms with Gasteiger partial charge in [-0.25, -0.2) is 0 Å². The Kier molecular flexibility index (Phi) is 2.88. The zero-order valence-corrected chi connectivity index (χ0v) is 6.05. The molecule has 0 aromatic carbocycles. The molecule has 0 aliphatic rings. The summed E-state index contributed by atoms with van der Waals surface area (Å²) in [7, 11) is -6.49. The third kappa shape index (κ3) is 6.34. The molecule has 0 heterocycles. The largest absolute Gasteiger partial charge is 0.335 e. The number of rotatable bonds is 2. The molecule has 0 aliphatic carbocycles. The maximum absolute atomic E-state index is 10.1. The van der Waals surface area contributed by atoms with Gasteiger partial charge in [0.05, 0.1) is 0 Å². The lowest BCUT2D eigenvalue weighted by molar-refractivity contribution is 0.467. The molecule has 0 bridgehead atoms. The fourth-order valence-corrected chi connectivity index (χ4v) is 1.60. The summed E-state index contributed by atoms with van der Waals surface area (Å²) in [5.74, 6) is 0. The van der Waals surface area contributed by atoms with E-state index < -0.39 is 15.7 Å². The summed E-state index contributed by atoms with van der Waals surface area (Å²) in [5, 5.41) is 0. The number of hydrogen-bond acceptors (Lipinski definition) is 2. The summed E-state index contributed by atoms with van der Waals surface area (Å²) in [4.78, 5) is 17.9. The Morgan fingerprint density at radius 3 is 2.12 bits per heavy atom. The average molecular weight is 159 g/mol. The average Bonchev–Trinajstić information content (AvgIpc) is 1.21. The van der Waals surface area contributed by atoms with Crippen molar-refractivity contribution in [2.75, 3.05) is 6.66 Å². The van der Waals surface area contributed by atoms with Crippen LogP contribution in [-0.2, 0) is 9.13 Å². The minimum atomic E-state index is -3.49. The smallest absolute Gasteiger partial charge is 0.271 e. The summed E-state index contributed by atoms with van der Waals surface area (Å²) in [6.45, 7) is 0.950. The van der Waals surface area contributed by atoms with E-state index in [1.54, 1.807) is 4.86 Å². The van der Waals surface area contributed by atoms with Crippen molar-refractivity contribution >= 4 is 15.7 Å². The molecule has 3 N–H and O–H groups in total. The molecule has 50 valence electrons. The maximum Gasteiger partial charge on any atom is 0.271 e. The Hall–Kier alpha value is 0.340. The first-order valence-electron chi connectivity index (χ1n) is 1.73. The van der Waals surface area contributed by atoms with Crippen LogP contribution in [0.25, 0.3) is 0 Å². The van der Waals surface area contributed by atoms with Gasteiger partial charge in [0.1, 0.15) is 0 Å². The van der Waals surface area contributed by atoms with Crippen LogP contribution in [-0.4, -0.2) is 16.5 Å². The van der Waals surface area contributed by atoms with Gasteiger partial charge in [0.2, 0.25) is 0 Å². The predicted octanol–water partition coefficient (Wildman–Crippen LogP) is -0.227. The van der Waals surface area contributed by atoms with Crippen LogP contribution < -0.4 is 4.86 Å². The third-order valence-corrected chi connectivity index (χ3v) is 2.73. The van der Waals surface area contributed by atoms with E-state index in [1.807, 2.05) is 0 Å². The van der Waals surface area contributed by atoms with Crippen LogP contribution in [0.3, 0.4) is 0 Å². The van der Waals surface area contributed by atoms with Crippen molar-refractivity contribution in [2.45, 2.75) is 0 Å². The molecule has 7 heteroatoms. The van der Waals surface area contributed by atoms with Gasteiger partial charge in [0.25, 0.3) is 15.7 Å². The Bertz CT molecular complexity index is 137. The van der Waals surface area contributed by atoms with E-state index in [0.717, 1.165) is 6.66 Å². The zero-order valence-electron chi connectivity index (χ0n) is 4.16. The normalized spacial score (nSPS) is 21.9.